The maximum absolute atomic E-state index is 13.7. The zero-order valence-electron chi connectivity index (χ0n) is 21.8. The number of ether oxygens (including phenoxy) is 1. The van der Waals surface area contributed by atoms with Crippen molar-refractivity contribution in [3.8, 4) is 6.07 Å². The van der Waals surface area contributed by atoms with Gasteiger partial charge in [-0.1, -0.05) is 12.1 Å². The molecule has 13 heteroatoms. The molecule has 39 heavy (non-hydrogen) atoms. The number of nitrogens with one attached hydrogen (secondary N) is 3. The molecule has 210 valence electrons. The monoisotopic (exact) mass is 548 g/mol. The van der Waals surface area contributed by atoms with Crippen molar-refractivity contribution < 1.29 is 33.0 Å². The Hall–Kier alpha value is -3.86. The molecule has 0 aliphatic heterocycles. The molecule has 1 heterocycles. The maximum atomic E-state index is 13.7. The predicted molar refractivity (Wildman–Crippen MR) is 137 cm³/mol. The number of carbonyl (C=O) groups is 1. The summed E-state index contributed by atoms with van der Waals surface area (Å²) in [7, 11) is 0. The van der Waals surface area contributed by atoms with Gasteiger partial charge in [-0.15, -0.1) is 0 Å². The average molecular weight is 549 g/mol. The Kier molecular flexibility index (Phi) is 9.39. The number of fused-ring (bicyclic) bond motifs is 1. The second-order valence-corrected chi connectivity index (χ2v) is 9.85. The van der Waals surface area contributed by atoms with Gasteiger partial charge in [-0.3, -0.25) is 0 Å². The largest absolute Gasteiger partial charge is 0.444 e. The number of nitriles is 1. The molecule has 3 aromatic rings. The van der Waals surface area contributed by atoms with Gasteiger partial charge < -0.3 is 30.3 Å². The molecule has 0 aliphatic carbocycles. The first-order valence-electron chi connectivity index (χ1n) is 12.3. The van der Waals surface area contributed by atoms with Crippen LogP contribution < -0.4 is 16.1 Å². The lowest BCUT2D eigenvalue weighted by molar-refractivity contribution is -0.137. The SMILES string of the molecule is CC(C)(C)OC(=O)NCCCCCn1c(Nc2cccc(C(O)NO)c2)nc2cc(C#N)c(C(F)(F)F)cc21. The summed E-state index contributed by atoms with van der Waals surface area (Å²) >= 11 is 0. The molecule has 0 saturated carbocycles. The van der Waals surface area contributed by atoms with Crippen molar-refractivity contribution in [3.05, 3.63) is 53.1 Å². The smallest absolute Gasteiger partial charge is 0.417 e. The lowest BCUT2D eigenvalue weighted by Crippen LogP contribution is -2.33. The Bertz CT molecular complexity index is 1340. The van der Waals surface area contributed by atoms with E-state index in [1.807, 2.05) is 0 Å². The van der Waals surface area contributed by atoms with E-state index < -0.39 is 35.2 Å². The summed E-state index contributed by atoms with van der Waals surface area (Å²) in [6.45, 7) is 5.97. The quantitative estimate of drug-likeness (QED) is 0.130. The summed E-state index contributed by atoms with van der Waals surface area (Å²) in [4.78, 5) is 16.2. The van der Waals surface area contributed by atoms with Crippen LogP contribution in [0.15, 0.2) is 36.4 Å². The highest BCUT2D eigenvalue weighted by Crippen LogP contribution is 2.35. The number of anilines is 2. The zero-order valence-corrected chi connectivity index (χ0v) is 21.8. The number of unbranched alkanes of at least 4 members (excludes halogenated alkanes) is 2. The van der Waals surface area contributed by atoms with E-state index in [1.165, 1.54) is 0 Å². The third-order valence-corrected chi connectivity index (χ3v) is 5.62. The molecule has 1 aromatic heterocycles. The molecule has 0 radical (unpaired) electrons. The second kappa shape index (κ2) is 12.3. The van der Waals surface area contributed by atoms with E-state index in [0.717, 1.165) is 12.1 Å². The number of aliphatic hydroxyl groups excluding tert-OH is 1. The highest BCUT2D eigenvalue weighted by atomic mass is 19.4. The Balaban J connectivity index is 1.84. The van der Waals surface area contributed by atoms with Crippen LogP contribution in [0.1, 0.15) is 63.0 Å². The van der Waals surface area contributed by atoms with Crippen LogP contribution in [0.4, 0.5) is 29.6 Å². The van der Waals surface area contributed by atoms with Crippen molar-refractivity contribution in [3.63, 3.8) is 0 Å². The summed E-state index contributed by atoms with van der Waals surface area (Å²) < 4.78 is 47.8. The lowest BCUT2D eigenvalue weighted by atomic mass is 10.1. The third-order valence-electron chi connectivity index (χ3n) is 5.62. The van der Waals surface area contributed by atoms with Gasteiger partial charge in [0.1, 0.15) is 5.60 Å². The Morgan fingerprint density at radius 2 is 1.92 bits per heavy atom. The first-order chi connectivity index (χ1) is 18.3. The number of alkyl halides is 3. The number of amides is 1. The van der Waals surface area contributed by atoms with Crippen LogP contribution in [0.25, 0.3) is 11.0 Å². The number of hydrogen-bond donors (Lipinski definition) is 5. The summed E-state index contributed by atoms with van der Waals surface area (Å²) in [6, 6.07) is 10.0. The van der Waals surface area contributed by atoms with Gasteiger partial charge in [-0.2, -0.15) is 23.9 Å². The summed E-state index contributed by atoms with van der Waals surface area (Å²) in [5.41, 5.74) is 0.767. The number of benzene rings is 2. The number of rotatable bonds is 10. The highest BCUT2D eigenvalue weighted by molar-refractivity contribution is 5.82. The van der Waals surface area contributed by atoms with Crippen LogP contribution >= 0.6 is 0 Å². The molecule has 0 bridgehead atoms. The zero-order chi connectivity index (χ0) is 28.8. The molecule has 0 aliphatic rings. The number of alkyl carbamates (subject to hydrolysis) is 1. The van der Waals surface area contributed by atoms with Gasteiger partial charge in [-0.25, -0.2) is 9.78 Å². The van der Waals surface area contributed by atoms with Crippen molar-refractivity contribution >= 4 is 28.8 Å². The van der Waals surface area contributed by atoms with E-state index in [4.69, 9.17) is 9.94 Å². The molecule has 1 atom stereocenters. The summed E-state index contributed by atoms with van der Waals surface area (Å²) in [5.74, 6) is 0.240. The highest BCUT2D eigenvalue weighted by Gasteiger charge is 2.34. The fourth-order valence-corrected chi connectivity index (χ4v) is 3.89. The van der Waals surface area contributed by atoms with Crippen LogP contribution in [-0.4, -0.2) is 38.1 Å². The van der Waals surface area contributed by atoms with E-state index in [2.05, 4.69) is 15.6 Å². The Morgan fingerprint density at radius 1 is 1.18 bits per heavy atom. The molecule has 2 aromatic carbocycles. The standard InChI is InChI=1S/C26H31F3N6O4/c1-25(2,3)39-24(37)31-10-5-4-6-11-35-21-14-19(26(27,28)29)17(15-30)13-20(21)33-23(35)32-18-9-7-8-16(12-18)22(36)34-38/h7-9,12-14,22,34,36,38H,4-6,10-11H2,1-3H3,(H,31,37)(H,32,33). The van der Waals surface area contributed by atoms with E-state index in [0.29, 0.717) is 43.6 Å². The van der Waals surface area contributed by atoms with Crippen LogP contribution in [0.2, 0.25) is 0 Å². The van der Waals surface area contributed by atoms with E-state index in [1.54, 1.807) is 61.2 Å². The minimum atomic E-state index is -4.73. The van der Waals surface area contributed by atoms with E-state index in [9.17, 15) is 28.3 Å². The minimum absolute atomic E-state index is 0.198. The first-order valence-corrected chi connectivity index (χ1v) is 12.3. The number of halogens is 3. The minimum Gasteiger partial charge on any atom is -0.444 e. The summed E-state index contributed by atoms with van der Waals surface area (Å²) in [5, 5.41) is 33.9. The van der Waals surface area contributed by atoms with Crippen LogP contribution in [0.5, 0.6) is 0 Å². The number of hydroxylamine groups is 1. The molecule has 1 amide bonds. The number of nitrogens with zero attached hydrogens (tertiary/aromatic N) is 3. The molecule has 5 N–H and O–H groups in total. The normalized spacial score (nSPS) is 12.7. The van der Waals surface area contributed by atoms with Gasteiger partial charge in [0.15, 0.2) is 6.23 Å². The van der Waals surface area contributed by atoms with Crippen molar-refractivity contribution in [2.75, 3.05) is 11.9 Å². The number of hydrogen-bond acceptors (Lipinski definition) is 8. The van der Waals surface area contributed by atoms with Gasteiger partial charge >= 0.3 is 12.3 Å². The third kappa shape index (κ3) is 8.06. The molecule has 3 rings (SSSR count). The van der Waals surface area contributed by atoms with Crippen LogP contribution in [0.3, 0.4) is 0 Å². The molecule has 0 fully saturated rings. The average Bonchev–Trinajstić information content (AvgIpc) is 3.19. The first kappa shape index (κ1) is 29.7. The molecule has 0 spiro atoms. The van der Waals surface area contributed by atoms with Gasteiger partial charge in [0.2, 0.25) is 5.95 Å². The number of aryl methyl sites for hydroxylation is 1. The van der Waals surface area contributed by atoms with Crippen molar-refractivity contribution in [1.29, 1.82) is 5.26 Å². The number of carbonyl (C=O) groups excluding carboxylic acids is 1. The van der Waals surface area contributed by atoms with Gasteiger partial charge in [0, 0.05) is 18.8 Å². The molecule has 0 saturated heterocycles. The fraction of sp³-hybridized carbons (Fsp3) is 0.423. The fourth-order valence-electron chi connectivity index (χ4n) is 3.89. The molecule has 1 unspecified atom stereocenters. The van der Waals surface area contributed by atoms with Crippen molar-refractivity contribution in [1.82, 2.24) is 20.3 Å². The van der Waals surface area contributed by atoms with Crippen molar-refractivity contribution in [2.45, 2.75) is 64.6 Å². The Labute approximate surface area is 223 Å². The van der Waals surface area contributed by atoms with E-state index in [-0.39, 0.29) is 17.0 Å². The van der Waals surface area contributed by atoms with Gasteiger partial charge in [-0.05, 0) is 69.9 Å². The van der Waals surface area contributed by atoms with Crippen LogP contribution in [-0.2, 0) is 17.5 Å². The maximum Gasteiger partial charge on any atom is 0.417 e. The predicted octanol–water partition coefficient (Wildman–Crippen LogP) is 5.34. The van der Waals surface area contributed by atoms with Gasteiger partial charge in [0.25, 0.3) is 0 Å². The number of aliphatic hydroxyl groups is 1. The topological polar surface area (TPSA) is 144 Å². The summed E-state index contributed by atoms with van der Waals surface area (Å²) in [6.07, 6.45) is -4.75. The second-order valence-electron chi connectivity index (χ2n) is 9.85. The number of aromatic nitrogens is 2. The van der Waals surface area contributed by atoms with Crippen LogP contribution in [0, 0.1) is 11.3 Å². The molecule has 10 nitrogen and oxygen atoms in total. The molecular formula is C26H31F3N6O4. The lowest BCUT2D eigenvalue weighted by Gasteiger charge is -2.19. The molecular weight excluding hydrogens is 517 g/mol. The van der Waals surface area contributed by atoms with E-state index >= 15 is 0 Å². The Morgan fingerprint density at radius 3 is 2.56 bits per heavy atom. The van der Waals surface area contributed by atoms with Crippen molar-refractivity contribution in [2.24, 2.45) is 0 Å². The van der Waals surface area contributed by atoms with Gasteiger partial charge in [0.05, 0.1) is 28.2 Å². The number of imidazole rings is 1.